The molecule has 2 N–H and O–H groups in total. The predicted octanol–water partition coefficient (Wildman–Crippen LogP) is 8.24. The second-order valence-electron chi connectivity index (χ2n) is 16.6. The fourth-order valence-electron chi connectivity index (χ4n) is 8.06. The van der Waals surface area contributed by atoms with Crippen LogP contribution in [0.2, 0.25) is 0 Å². The van der Waals surface area contributed by atoms with Crippen LogP contribution in [0.15, 0.2) is 66.7 Å². The minimum absolute atomic E-state index is 0.00739. The summed E-state index contributed by atoms with van der Waals surface area (Å²) < 4.78 is 72.8. The van der Waals surface area contributed by atoms with Gasteiger partial charge in [-0.3, -0.25) is 4.79 Å². The number of nitrogens with one attached hydrogen (secondary N) is 2. The van der Waals surface area contributed by atoms with Crippen molar-refractivity contribution in [3.8, 4) is 11.5 Å². The van der Waals surface area contributed by atoms with E-state index in [-0.39, 0.29) is 56.9 Å². The van der Waals surface area contributed by atoms with E-state index in [1.807, 2.05) is 30.3 Å². The van der Waals surface area contributed by atoms with Gasteiger partial charge in [0.25, 0.3) is 0 Å². The van der Waals surface area contributed by atoms with Gasteiger partial charge in [0.15, 0.2) is 5.82 Å². The lowest BCUT2D eigenvalue weighted by molar-refractivity contribution is -0.135. The Labute approximate surface area is 333 Å². The Morgan fingerprint density at radius 1 is 0.914 bits per heavy atom. The summed E-state index contributed by atoms with van der Waals surface area (Å²) in [5, 5.41) is 3.28. The molecule has 0 unspecified atom stereocenters. The number of carbonyl (C=O) groups is 3. The number of benzene rings is 3. The number of hydrogen-bond donors (Lipinski definition) is 2. The van der Waals surface area contributed by atoms with Gasteiger partial charge in [-0.2, -0.15) is 0 Å². The summed E-state index contributed by atoms with van der Waals surface area (Å²) in [6.45, 7) is 8.32. The van der Waals surface area contributed by atoms with Crippen molar-refractivity contribution in [3.63, 3.8) is 0 Å². The average Bonchev–Trinajstić information content (AvgIpc) is 3.91. The third-order valence-electron chi connectivity index (χ3n) is 10.7. The minimum atomic E-state index is -1.37. The molecule has 58 heavy (non-hydrogen) atoms. The molecular formula is C43H48F4N6O5. The van der Waals surface area contributed by atoms with Gasteiger partial charge in [-0.25, -0.2) is 32.1 Å². The molecule has 5 atom stereocenters. The van der Waals surface area contributed by atoms with E-state index in [9.17, 15) is 23.2 Å². The normalized spacial score (nSPS) is 20.3. The maximum absolute atomic E-state index is 15.4. The molecule has 4 heterocycles. The number of ether oxygens (including phenoxy) is 2. The first-order chi connectivity index (χ1) is 27.5. The van der Waals surface area contributed by atoms with Crippen LogP contribution in [-0.4, -0.2) is 91.6 Å². The number of imidazole rings is 1. The molecule has 2 fully saturated rings. The van der Waals surface area contributed by atoms with E-state index in [1.54, 1.807) is 51.3 Å². The summed E-state index contributed by atoms with van der Waals surface area (Å²) in [5.41, 5.74) is 2.17. The topological polar surface area (TPSA) is 122 Å². The number of hydrogen-bond acceptors (Lipinski definition) is 6. The molecule has 0 saturated carbocycles. The van der Waals surface area contributed by atoms with Crippen molar-refractivity contribution < 1.29 is 41.4 Å². The third kappa shape index (κ3) is 8.77. The maximum Gasteiger partial charge on any atom is 0.410 e. The second kappa shape index (κ2) is 16.3. The summed E-state index contributed by atoms with van der Waals surface area (Å²) in [4.78, 5) is 51.3. The van der Waals surface area contributed by atoms with Crippen molar-refractivity contribution in [1.82, 2.24) is 29.7 Å². The van der Waals surface area contributed by atoms with Gasteiger partial charge < -0.3 is 34.1 Å². The Balaban J connectivity index is 1.25. The van der Waals surface area contributed by atoms with Crippen LogP contribution in [0.3, 0.4) is 0 Å². The minimum Gasteiger partial charge on any atom is -0.445 e. The van der Waals surface area contributed by atoms with Crippen LogP contribution in [-0.2, 0) is 33.8 Å². The SMILES string of the molecule is CC(C)[C@H](NC(=O)OC(C)(C)C)C(=O)N1C[C@@H](F)C[C@H]1Cn1c(-c2[nH]c3cc(F)ccc3c2C[C@@H]2C[C@H](F)CN2C(=O)OCc2ccccc2)nc2cc(F)ccc21. The zero-order valence-electron chi connectivity index (χ0n) is 33.1. The number of rotatable bonds is 10. The van der Waals surface area contributed by atoms with Crippen molar-refractivity contribution >= 4 is 40.0 Å². The van der Waals surface area contributed by atoms with Crippen molar-refractivity contribution in [3.05, 3.63) is 89.5 Å². The summed E-state index contributed by atoms with van der Waals surface area (Å²) in [6, 6.07) is 15.1. The molecule has 308 valence electrons. The summed E-state index contributed by atoms with van der Waals surface area (Å²) in [7, 11) is 0. The van der Waals surface area contributed by atoms with Crippen LogP contribution in [0.4, 0.5) is 27.2 Å². The number of alkyl carbamates (subject to hydrolysis) is 1. The molecule has 3 amide bonds. The Morgan fingerprint density at radius 3 is 2.29 bits per heavy atom. The quantitative estimate of drug-likeness (QED) is 0.137. The predicted molar refractivity (Wildman–Crippen MR) is 210 cm³/mol. The molecule has 2 saturated heterocycles. The van der Waals surface area contributed by atoms with E-state index in [0.717, 1.165) is 5.56 Å². The molecule has 0 aliphatic carbocycles. The number of halogens is 4. The number of H-pyrrole nitrogens is 1. The number of amides is 3. The van der Waals surface area contributed by atoms with Crippen molar-refractivity contribution in [2.45, 2.75) is 103 Å². The Kier molecular flexibility index (Phi) is 11.4. The highest BCUT2D eigenvalue weighted by Crippen LogP contribution is 2.37. The van der Waals surface area contributed by atoms with Gasteiger partial charge in [-0.1, -0.05) is 44.2 Å². The van der Waals surface area contributed by atoms with E-state index >= 15 is 8.78 Å². The standard InChI is InChI=1S/C43H48F4N6O5/c1-24(2)37(50-41(55)58-43(3,4)5)40(54)51-20-29(47)16-31(51)22-53-36-14-12-27(45)18-35(36)49-39(53)38-33(32-13-11-26(44)17-34(32)48-38)19-30-15-28(46)21-52(30)42(56)57-23-25-9-7-6-8-10-25/h6-14,17-18,24,28-31,37,48H,15-16,19-23H2,1-5H3,(H,50,55)/t28-,29-,30-,31-,37-/m0/s1. The first-order valence-electron chi connectivity index (χ1n) is 19.6. The highest BCUT2D eigenvalue weighted by molar-refractivity contribution is 5.92. The van der Waals surface area contributed by atoms with Crippen molar-refractivity contribution in [2.24, 2.45) is 5.92 Å². The number of nitrogens with zero attached hydrogens (tertiary/aromatic N) is 4. The average molecular weight is 805 g/mol. The number of carbonyl (C=O) groups excluding carboxylic acids is 3. The first kappa shape index (κ1) is 40.6. The molecule has 5 aromatic rings. The van der Waals surface area contributed by atoms with Crippen LogP contribution >= 0.6 is 0 Å². The van der Waals surface area contributed by atoms with E-state index in [0.29, 0.717) is 33.5 Å². The molecule has 2 aliphatic heterocycles. The van der Waals surface area contributed by atoms with Gasteiger partial charge in [0, 0.05) is 42.4 Å². The fourth-order valence-corrected chi connectivity index (χ4v) is 8.06. The van der Waals surface area contributed by atoms with E-state index in [4.69, 9.17) is 14.5 Å². The van der Waals surface area contributed by atoms with Gasteiger partial charge >= 0.3 is 12.2 Å². The van der Waals surface area contributed by atoms with Gasteiger partial charge in [-0.05, 0) is 74.6 Å². The largest absolute Gasteiger partial charge is 0.445 e. The van der Waals surface area contributed by atoms with E-state index < -0.39 is 65.8 Å². The van der Waals surface area contributed by atoms with Gasteiger partial charge in [0.1, 0.15) is 42.2 Å². The molecular weight excluding hydrogens is 757 g/mol. The molecule has 2 aliphatic rings. The molecule has 3 aromatic carbocycles. The van der Waals surface area contributed by atoms with Gasteiger partial charge in [0.2, 0.25) is 5.91 Å². The first-order valence-corrected chi connectivity index (χ1v) is 19.6. The van der Waals surface area contributed by atoms with E-state index in [1.165, 1.54) is 34.1 Å². The molecule has 11 nitrogen and oxygen atoms in total. The number of alkyl halides is 2. The van der Waals surface area contributed by atoms with Crippen LogP contribution in [0.25, 0.3) is 33.5 Å². The Morgan fingerprint density at radius 2 is 1.59 bits per heavy atom. The van der Waals surface area contributed by atoms with Crippen LogP contribution < -0.4 is 5.32 Å². The molecule has 0 bridgehead atoms. The highest BCUT2D eigenvalue weighted by atomic mass is 19.1. The Bertz CT molecular complexity index is 2310. The van der Waals surface area contributed by atoms with Gasteiger partial charge in [-0.15, -0.1) is 0 Å². The molecule has 2 aromatic heterocycles. The lowest BCUT2D eigenvalue weighted by Crippen LogP contribution is -2.53. The zero-order valence-corrected chi connectivity index (χ0v) is 33.1. The summed E-state index contributed by atoms with van der Waals surface area (Å²) >= 11 is 0. The monoisotopic (exact) mass is 804 g/mol. The number of likely N-dealkylation sites (tertiary alicyclic amines) is 2. The molecule has 7 rings (SSSR count). The van der Waals surface area contributed by atoms with Crippen molar-refractivity contribution in [2.75, 3.05) is 13.1 Å². The van der Waals surface area contributed by atoms with Crippen LogP contribution in [0.1, 0.15) is 58.6 Å². The smallest absolute Gasteiger partial charge is 0.410 e. The second-order valence-corrected chi connectivity index (χ2v) is 16.6. The van der Waals surface area contributed by atoms with Crippen molar-refractivity contribution in [1.29, 1.82) is 0 Å². The van der Waals surface area contributed by atoms with Crippen LogP contribution in [0, 0.1) is 17.6 Å². The number of aromatic amines is 1. The summed E-state index contributed by atoms with van der Waals surface area (Å²) in [5.74, 6) is -1.60. The Hall–Kier alpha value is -5.60. The maximum atomic E-state index is 15.4. The highest BCUT2D eigenvalue weighted by Gasteiger charge is 2.42. The lowest BCUT2D eigenvalue weighted by atomic mass is 10.00. The molecule has 0 spiro atoms. The van der Waals surface area contributed by atoms with E-state index in [2.05, 4.69) is 10.3 Å². The third-order valence-corrected chi connectivity index (χ3v) is 10.7. The molecule has 0 radical (unpaired) electrons. The number of fused-ring (bicyclic) bond motifs is 2. The zero-order chi connectivity index (χ0) is 41.5. The van der Waals surface area contributed by atoms with Crippen LogP contribution in [0.5, 0.6) is 0 Å². The summed E-state index contributed by atoms with van der Waals surface area (Å²) in [6.07, 6.45) is -3.98. The number of aromatic nitrogens is 3. The van der Waals surface area contributed by atoms with Gasteiger partial charge in [0.05, 0.1) is 35.9 Å². The molecule has 15 heteroatoms. The lowest BCUT2D eigenvalue weighted by Gasteiger charge is -2.32. The fraction of sp³-hybridized carbons (Fsp3) is 0.442.